The third-order valence-electron chi connectivity index (χ3n) is 13.3. The first-order chi connectivity index (χ1) is 30.5. The van der Waals surface area contributed by atoms with Gasteiger partial charge in [-0.2, -0.15) is 0 Å². The van der Waals surface area contributed by atoms with Crippen LogP contribution in [0.15, 0.2) is 199 Å². The number of benzene rings is 8. The van der Waals surface area contributed by atoms with Crippen LogP contribution in [0.25, 0.3) is 74.9 Å². The van der Waals surface area contributed by atoms with Crippen LogP contribution in [0.4, 0.5) is 0 Å². The molecule has 300 valence electrons. The van der Waals surface area contributed by atoms with Gasteiger partial charge >= 0.3 is 0 Å². The zero-order chi connectivity index (χ0) is 41.9. The maximum Gasteiger partial charge on any atom is 0.142 e. The molecule has 62 heavy (non-hydrogen) atoms. The number of rotatable bonds is 9. The van der Waals surface area contributed by atoms with Gasteiger partial charge in [-0.3, -0.25) is 9.47 Å². The van der Waals surface area contributed by atoms with Gasteiger partial charge < -0.3 is 0 Å². The molecule has 0 spiro atoms. The van der Waals surface area contributed by atoms with Crippen LogP contribution >= 0.6 is 11.3 Å². The number of likely N-dealkylation sites (N-methyl/N-ethyl adjacent to an activating group) is 1. The zero-order valence-electron chi connectivity index (χ0n) is 35.3. The highest BCUT2D eigenvalue weighted by molar-refractivity contribution is 7.27. The molecule has 1 aliphatic rings. The van der Waals surface area contributed by atoms with Crippen LogP contribution in [-0.2, 0) is 0 Å². The Morgan fingerprint density at radius 3 is 2.16 bits per heavy atom. The first-order valence-corrected chi connectivity index (χ1v) is 22.5. The molecule has 8 aromatic carbocycles. The van der Waals surface area contributed by atoms with Crippen LogP contribution in [0.5, 0.6) is 0 Å². The number of aryl methyl sites for hydroxylation is 1. The lowest BCUT2D eigenvalue weighted by Crippen LogP contribution is -2.33. The molecule has 1 aliphatic carbocycles. The predicted molar refractivity (Wildman–Crippen MR) is 269 cm³/mol. The monoisotopic (exact) mass is 817 g/mol. The van der Waals surface area contributed by atoms with Crippen molar-refractivity contribution in [3.8, 4) is 0 Å². The summed E-state index contributed by atoms with van der Waals surface area (Å²) in [6.45, 7) is 9.71. The second-order valence-corrected chi connectivity index (χ2v) is 17.9. The second kappa shape index (κ2) is 15.6. The van der Waals surface area contributed by atoms with Crippen molar-refractivity contribution in [2.24, 2.45) is 4.99 Å². The zero-order valence-corrected chi connectivity index (χ0v) is 36.1. The Kier molecular flexibility index (Phi) is 9.56. The molecule has 2 aromatic heterocycles. The molecule has 2 heterocycles. The van der Waals surface area contributed by atoms with Gasteiger partial charge in [-0.15, -0.1) is 11.3 Å². The number of thiophene rings is 1. The Morgan fingerprint density at radius 1 is 0.677 bits per heavy atom. The van der Waals surface area contributed by atoms with E-state index in [1.54, 1.807) is 0 Å². The molecule has 3 unspecified atom stereocenters. The van der Waals surface area contributed by atoms with Crippen molar-refractivity contribution in [1.29, 1.82) is 0 Å². The molecular weight excluding hydrogens is 771 g/mol. The minimum absolute atomic E-state index is 0.0364. The molecule has 0 bridgehead atoms. The van der Waals surface area contributed by atoms with E-state index in [2.05, 4.69) is 225 Å². The summed E-state index contributed by atoms with van der Waals surface area (Å²) in [5.74, 6) is 1.29. The Bertz CT molecular complexity index is 3470. The summed E-state index contributed by atoms with van der Waals surface area (Å²) in [5, 5.41) is 10.1. The SMILES string of the molecule is C=N/C(=C(/c1ccccc1C)C(C)N(C)CC1=CC(c2ccccc2)C(c2ccc3ccccc3c2)C=C1)n1c2ccccc2c2c3ccccc3c3sc4ccccc4c3c21. The van der Waals surface area contributed by atoms with Gasteiger partial charge in [-0.25, -0.2) is 4.99 Å². The molecule has 0 N–H and O–H groups in total. The van der Waals surface area contributed by atoms with Gasteiger partial charge in [0.25, 0.3) is 0 Å². The molecule has 0 aliphatic heterocycles. The lowest BCUT2D eigenvalue weighted by molar-refractivity contribution is 0.331. The maximum absolute atomic E-state index is 5.11. The van der Waals surface area contributed by atoms with Crippen molar-refractivity contribution in [3.05, 3.63) is 216 Å². The van der Waals surface area contributed by atoms with Gasteiger partial charge in [0.1, 0.15) is 5.82 Å². The van der Waals surface area contributed by atoms with Crippen LogP contribution in [0, 0.1) is 6.92 Å². The summed E-state index contributed by atoms with van der Waals surface area (Å²) in [5.41, 5.74) is 9.82. The van der Waals surface area contributed by atoms with E-state index in [0.717, 1.165) is 23.5 Å². The highest BCUT2D eigenvalue weighted by Gasteiger charge is 2.29. The molecule has 4 heteroatoms. The molecule has 0 fully saturated rings. The molecule has 11 rings (SSSR count). The van der Waals surface area contributed by atoms with Crippen molar-refractivity contribution >= 4 is 93.0 Å². The van der Waals surface area contributed by atoms with E-state index in [0.29, 0.717) is 0 Å². The average molecular weight is 818 g/mol. The number of fused-ring (bicyclic) bond motifs is 11. The molecule has 0 saturated carbocycles. The second-order valence-electron chi connectivity index (χ2n) is 16.9. The lowest BCUT2D eigenvalue weighted by atomic mass is 9.77. The summed E-state index contributed by atoms with van der Waals surface area (Å²) in [6.07, 6.45) is 7.31. The lowest BCUT2D eigenvalue weighted by Gasteiger charge is -2.32. The largest absolute Gasteiger partial charge is 0.295 e. The number of aromatic nitrogens is 1. The number of aliphatic imine (C=N–C) groups is 1. The number of hydrogen-bond donors (Lipinski definition) is 0. The van der Waals surface area contributed by atoms with Crippen molar-refractivity contribution in [2.45, 2.75) is 31.7 Å². The molecule has 3 atom stereocenters. The van der Waals surface area contributed by atoms with Crippen LogP contribution in [0.2, 0.25) is 0 Å². The molecule has 0 radical (unpaired) electrons. The summed E-state index contributed by atoms with van der Waals surface area (Å²) in [7, 11) is 2.26. The first kappa shape index (κ1) is 38.1. The molecule has 0 amide bonds. The Hall–Kier alpha value is -6.85. The van der Waals surface area contributed by atoms with Gasteiger partial charge in [-0.1, -0.05) is 176 Å². The molecule has 10 aromatic rings. The highest BCUT2D eigenvalue weighted by Crippen LogP contribution is 2.49. The third-order valence-corrected chi connectivity index (χ3v) is 14.5. The summed E-state index contributed by atoms with van der Waals surface area (Å²) in [6, 6.07) is 62.0. The summed E-state index contributed by atoms with van der Waals surface area (Å²) < 4.78 is 5.03. The van der Waals surface area contributed by atoms with E-state index in [4.69, 9.17) is 4.99 Å². The quantitative estimate of drug-likeness (QED) is 0.133. The Morgan fingerprint density at radius 2 is 1.35 bits per heavy atom. The van der Waals surface area contributed by atoms with Crippen LogP contribution < -0.4 is 0 Å². The van der Waals surface area contributed by atoms with E-state index >= 15 is 0 Å². The highest BCUT2D eigenvalue weighted by atomic mass is 32.1. The Labute approximate surface area is 366 Å². The predicted octanol–water partition coefficient (Wildman–Crippen LogP) is 15.2. The van der Waals surface area contributed by atoms with Crippen molar-refractivity contribution < 1.29 is 0 Å². The van der Waals surface area contributed by atoms with Crippen LogP contribution in [-0.4, -0.2) is 35.8 Å². The van der Waals surface area contributed by atoms with Gasteiger partial charge in [0.05, 0.1) is 11.0 Å². The van der Waals surface area contributed by atoms with E-state index in [9.17, 15) is 0 Å². The fourth-order valence-electron chi connectivity index (χ4n) is 10.2. The van der Waals surface area contributed by atoms with E-state index < -0.39 is 0 Å². The standard InChI is InChI=1S/C58H47N3S/c1-37-18-8-11-23-44(37)53(38(2)60(4)36-39-30-33-45(50(34-39)41-20-6-5-7-21-41)43-32-31-40-19-9-10-22-42(40)35-43)58(59-3)61-51-28-16-14-26-48(51)54-46-24-12-13-25-47(46)57-55(56(54)61)49-27-15-17-29-52(49)62-57/h5-35,38,45,50H,3,36H2,1-2,4H3/b58-53-. The molecular formula is C58H47N3S. The smallest absolute Gasteiger partial charge is 0.142 e. The minimum Gasteiger partial charge on any atom is -0.295 e. The van der Waals surface area contributed by atoms with Gasteiger partial charge in [0.2, 0.25) is 0 Å². The number of para-hydroxylation sites is 1. The van der Waals surface area contributed by atoms with Crippen molar-refractivity contribution in [3.63, 3.8) is 0 Å². The summed E-state index contributed by atoms with van der Waals surface area (Å²) >= 11 is 1.88. The fraction of sp³-hybridized carbons (Fsp3) is 0.121. The van der Waals surface area contributed by atoms with Gasteiger partial charge in [0, 0.05) is 66.3 Å². The van der Waals surface area contributed by atoms with Gasteiger partial charge in [-0.05, 0) is 83.7 Å². The van der Waals surface area contributed by atoms with Gasteiger partial charge in [0.15, 0.2) is 0 Å². The Balaban J connectivity index is 1.09. The first-order valence-electron chi connectivity index (χ1n) is 21.6. The normalized spacial score (nSPS) is 16.5. The van der Waals surface area contributed by atoms with Crippen molar-refractivity contribution in [2.75, 3.05) is 13.6 Å². The average Bonchev–Trinajstić information content (AvgIpc) is 3.88. The minimum atomic E-state index is -0.0364. The topological polar surface area (TPSA) is 20.5 Å². The van der Waals surface area contributed by atoms with E-state index in [1.807, 2.05) is 11.3 Å². The maximum atomic E-state index is 5.11. The van der Waals surface area contributed by atoms with Crippen molar-refractivity contribution in [1.82, 2.24) is 9.47 Å². The number of allylic oxidation sites excluding steroid dienone is 2. The molecule has 0 saturated heterocycles. The summed E-state index contributed by atoms with van der Waals surface area (Å²) in [4.78, 5) is 7.59. The molecule has 3 nitrogen and oxygen atoms in total. The fourth-order valence-corrected chi connectivity index (χ4v) is 11.5. The van der Waals surface area contributed by atoms with E-state index in [-0.39, 0.29) is 17.9 Å². The van der Waals surface area contributed by atoms with E-state index in [1.165, 1.54) is 85.8 Å². The number of hydrogen-bond acceptors (Lipinski definition) is 3. The third kappa shape index (κ3) is 6.24. The van der Waals surface area contributed by atoms with Crippen LogP contribution in [0.3, 0.4) is 0 Å². The number of nitrogens with zero attached hydrogens (tertiary/aromatic N) is 3. The van der Waals surface area contributed by atoms with Crippen LogP contribution in [0.1, 0.15) is 41.0 Å².